The number of aryl methyl sites for hydroxylation is 1. The second-order valence-corrected chi connectivity index (χ2v) is 7.48. The van der Waals surface area contributed by atoms with Crippen molar-refractivity contribution in [1.29, 1.82) is 0 Å². The van der Waals surface area contributed by atoms with Crippen molar-refractivity contribution in [3.05, 3.63) is 71.8 Å². The number of hydrogen-bond acceptors (Lipinski definition) is 3. The lowest BCUT2D eigenvalue weighted by molar-refractivity contribution is -0.127. The van der Waals surface area contributed by atoms with Crippen molar-refractivity contribution in [2.45, 2.75) is 51.2 Å². The molecule has 0 bridgehead atoms. The third-order valence-electron chi connectivity index (χ3n) is 5.28. The third kappa shape index (κ3) is 6.63. The van der Waals surface area contributed by atoms with Crippen molar-refractivity contribution in [3.8, 4) is 0 Å². The number of nitrogens with one attached hydrogen (secondary N) is 1. The van der Waals surface area contributed by atoms with Crippen LogP contribution < -0.4 is 5.32 Å². The molecule has 3 rings (SSSR count). The molecule has 1 aliphatic rings. The summed E-state index contributed by atoms with van der Waals surface area (Å²) in [5.41, 5.74) is 2.26. The Bertz CT molecular complexity index is 764. The predicted molar refractivity (Wildman–Crippen MR) is 113 cm³/mol. The quantitative estimate of drug-likeness (QED) is 0.679. The van der Waals surface area contributed by atoms with Gasteiger partial charge in [-0.25, -0.2) is 4.79 Å². The second-order valence-electron chi connectivity index (χ2n) is 7.48. The van der Waals surface area contributed by atoms with E-state index in [2.05, 4.69) is 17.4 Å². The maximum atomic E-state index is 12.7. The first-order chi connectivity index (χ1) is 14.2. The van der Waals surface area contributed by atoms with Gasteiger partial charge in [-0.3, -0.25) is 9.69 Å². The zero-order valence-corrected chi connectivity index (χ0v) is 16.9. The van der Waals surface area contributed by atoms with E-state index in [9.17, 15) is 9.59 Å². The molecule has 2 aromatic carbocycles. The van der Waals surface area contributed by atoms with E-state index < -0.39 is 12.1 Å². The SMILES string of the molecule is O=C(NCCCCc1ccccc1)[C@@H]1CCCCN1C(=O)OCc1ccccc1. The summed E-state index contributed by atoms with van der Waals surface area (Å²) in [7, 11) is 0. The molecule has 0 radical (unpaired) electrons. The van der Waals surface area contributed by atoms with Gasteiger partial charge in [-0.05, 0) is 49.7 Å². The van der Waals surface area contributed by atoms with Crippen LogP contribution in [0.2, 0.25) is 0 Å². The molecule has 2 aromatic rings. The molecule has 2 amide bonds. The third-order valence-corrected chi connectivity index (χ3v) is 5.28. The summed E-state index contributed by atoms with van der Waals surface area (Å²) < 4.78 is 5.45. The highest BCUT2D eigenvalue weighted by atomic mass is 16.6. The average molecular weight is 395 g/mol. The summed E-state index contributed by atoms with van der Waals surface area (Å²) in [6.45, 7) is 1.43. The zero-order valence-electron chi connectivity index (χ0n) is 16.9. The number of benzene rings is 2. The van der Waals surface area contributed by atoms with Crippen LogP contribution in [0.4, 0.5) is 4.79 Å². The molecule has 0 spiro atoms. The summed E-state index contributed by atoms with van der Waals surface area (Å²) in [5.74, 6) is -0.0685. The number of likely N-dealkylation sites (tertiary alicyclic amines) is 1. The Hall–Kier alpha value is -2.82. The smallest absolute Gasteiger partial charge is 0.410 e. The lowest BCUT2D eigenvalue weighted by atomic mass is 10.0. The Labute approximate surface area is 173 Å². The van der Waals surface area contributed by atoms with Crippen molar-refractivity contribution in [3.63, 3.8) is 0 Å². The number of ether oxygens (including phenoxy) is 1. The van der Waals surface area contributed by atoms with Crippen LogP contribution in [0.3, 0.4) is 0 Å². The van der Waals surface area contributed by atoms with Crippen LogP contribution in [0.5, 0.6) is 0 Å². The first-order valence-electron chi connectivity index (χ1n) is 10.5. The Balaban J connectivity index is 1.41. The van der Waals surface area contributed by atoms with Gasteiger partial charge in [0.1, 0.15) is 12.6 Å². The maximum Gasteiger partial charge on any atom is 0.410 e. The van der Waals surface area contributed by atoms with Crippen LogP contribution in [0.1, 0.15) is 43.2 Å². The molecule has 154 valence electrons. The van der Waals surface area contributed by atoms with Crippen molar-refractivity contribution in [2.24, 2.45) is 0 Å². The Kier molecular flexibility index (Phi) is 8.11. The number of hydrogen-bond donors (Lipinski definition) is 1. The van der Waals surface area contributed by atoms with Crippen molar-refractivity contribution in [1.82, 2.24) is 10.2 Å². The van der Waals surface area contributed by atoms with E-state index in [-0.39, 0.29) is 12.5 Å². The van der Waals surface area contributed by atoms with Crippen LogP contribution in [-0.2, 0) is 22.6 Å². The molecule has 0 aromatic heterocycles. The van der Waals surface area contributed by atoms with E-state index in [4.69, 9.17) is 4.74 Å². The Morgan fingerprint density at radius 1 is 0.931 bits per heavy atom. The van der Waals surface area contributed by atoms with Crippen LogP contribution in [0.25, 0.3) is 0 Å². The number of carbonyl (C=O) groups is 2. The molecule has 5 heteroatoms. The molecule has 29 heavy (non-hydrogen) atoms. The normalized spacial score (nSPS) is 16.3. The lowest BCUT2D eigenvalue weighted by Gasteiger charge is -2.33. The number of unbranched alkanes of at least 4 members (excludes halogenated alkanes) is 1. The highest BCUT2D eigenvalue weighted by Crippen LogP contribution is 2.19. The number of nitrogens with zero attached hydrogens (tertiary/aromatic N) is 1. The van der Waals surface area contributed by atoms with E-state index in [0.29, 0.717) is 19.5 Å². The summed E-state index contributed by atoms with van der Waals surface area (Å²) in [5, 5.41) is 3.01. The molecule has 1 atom stereocenters. The highest BCUT2D eigenvalue weighted by Gasteiger charge is 2.32. The summed E-state index contributed by atoms with van der Waals surface area (Å²) >= 11 is 0. The predicted octanol–water partition coefficient (Wildman–Crippen LogP) is 4.32. The van der Waals surface area contributed by atoms with E-state index >= 15 is 0 Å². The van der Waals surface area contributed by atoms with Crippen LogP contribution in [-0.4, -0.2) is 36.0 Å². The number of piperidine rings is 1. The van der Waals surface area contributed by atoms with Crippen LogP contribution in [0.15, 0.2) is 60.7 Å². The Morgan fingerprint density at radius 2 is 1.62 bits per heavy atom. The van der Waals surface area contributed by atoms with Gasteiger partial charge >= 0.3 is 6.09 Å². The monoisotopic (exact) mass is 394 g/mol. The van der Waals surface area contributed by atoms with Crippen molar-refractivity contribution < 1.29 is 14.3 Å². The average Bonchev–Trinajstić information content (AvgIpc) is 2.78. The van der Waals surface area contributed by atoms with Gasteiger partial charge in [0, 0.05) is 13.1 Å². The minimum Gasteiger partial charge on any atom is -0.445 e. The molecule has 5 nitrogen and oxygen atoms in total. The minimum absolute atomic E-state index is 0.0685. The molecule has 0 saturated carbocycles. The number of rotatable bonds is 8. The van der Waals surface area contributed by atoms with Gasteiger partial charge in [0.2, 0.25) is 5.91 Å². The van der Waals surface area contributed by atoms with Crippen molar-refractivity contribution in [2.75, 3.05) is 13.1 Å². The van der Waals surface area contributed by atoms with E-state index in [1.54, 1.807) is 4.90 Å². The lowest BCUT2D eigenvalue weighted by Crippen LogP contribution is -2.52. The van der Waals surface area contributed by atoms with Gasteiger partial charge in [0.25, 0.3) is 0 Å². The van der Waals surface area contributed by atoms with Crippen LogP contribution >= 0.6 is 0 Å². The maximum absolute atomic E-state index is 12.7. The Morgan fingerprint density at radius 3 is 2.34 bits per heavy atom. The molecule has 1 saturated heterocycles. The van der Waals surface area contributed by atoms with Crippen molar-refractivity contribution >= 4 is 12.0 Å². The fourth-order valence-electron chi connectivity index (χ4n) is 3.65. The van der Waals surface area contributed by atoms with E-state index in [1.165, 1.54) is 5.56 Å². The molecule has 1 N–H and O–H groups in total. The largest absolute Gasteiger partial charge is 0.445 e. The molecule has 0 unspecified atom stereocenters. The zero-order chi connectivity index (χ0) is 20.3. The second kappa shape index (κ2) is 11.2. The number of carbonyl (C=O) groups excluding carboxylic acids is 2. The highest BCUT2D eigenvalue weighted by molar-refractivity contribution is 5.85. The molecule has 1 aliphatic heterocycles. The fourth-order valence-corrected chi connectivity index (χ4v) is 3.65. The number of amides is 2. The molecule has 1 heterocycles. The van der Waals surface area contributed by atoms with Gasteiger partial charge in [-0.2, -0.15) is 0 Å². The fraction of sp³-hybridized carbons (Fsp3) is 0.417. The van der Waals surface area contributed by atoms with E-state index in [1.807, 2.05) is 48.5 Å². The standard InChI is InChI=1S/C24H30N2O3/c27-23(25-17-9-7-13-20-11-3-1-4-12-20)22-16-8-10-18-26(22)24(28)29-19-21-14-5-2-6-15-21/h1-6,11-12,14-15,22H,7-10,13,16-19H2,(H,25,27)/t22-/m0/s1. The van der Waals surface area contributed by atoms with E-state index in [0.717, 1.165) is 37.7 Å². The molecular formula is C24H30N2O3. The molecule has 0 aliphatic carbocycles. The van der Waals surface area contributed by atoms with Gasteiger partial charge in [-0.15, -0.1) is 0 Å². The van der Waals surface area contributed by atoms with Crippen LogP contribution in [0, 0.1) is 0 Å². The van der Waals surface area contributed by atoms with Gasteiger partial charge in [0.15, 0.2) is 0 Å². The molecule has 1 fully saturated rings. The topological polar surface area (TPSA) is 58.6 Å². The van der Waals surface area contributed by atoms with Gasteiger partial charge in [-0.1, -0.05) is 60.7 Å². The summed E-state index contributed by atoms with van der Waals surface area (Å²) in [4.78, 5) is 26.8. The minimum atomic E-state index is -0.429. The van der Waals surface area contributed by atoms with Gasteiger partial charge in [0.05, 0.1) is 0 Å². The van der Waals surface area contributed by atoms with Gasteiger partial charge < -0.3 is 10.1 Å². The first-order valence-corrected chi connectivity index (χ1v) is 10.5. The summed E-state index contributed by atoms with van der Waals surface area (Å²) in [6, 6.07) is 19.5. The molecular weight excluding hydrogens is 364 g/mol. The summed E-state index contributed by atoms with van der Waals surface area (Å²) in [6.07, 6.45) is 5.10. The first kappa shape index (κ1) is 20.9.